The molecule has 29 heavy (non-hydrogen) atoms. The topological polar surface area (TPSA) is 92.8 Å². The predicted molar refractivity (Wildman–Crippen MR) is 108 cm³/mol. The van der Waals surface area contributed by atoms with Gasteiger partial charge in [0.2, 0.25) is 11.8 Å². The van der Waals surface area contributed by atoms with E-state index in [-0.39, 0.29) is 35.5 Å². The average Bonchev–Trinajstić information content (AvgIpc) is 3.35. The summed E-state index contributed by atoms with van der Waals surface area (Å²) in [6.07, 6.45) is 4.79. The normalized spacial score (nSPS) is 27.9. The van der Waals surface area contributed by atoms with Gasteiger partial charge in [0.15, 0.2) is 6.61 Å². The van der Waals surface area contributed by atoms with Crippen LogP contribution in [0.1, 0.15) is 13.3 Å². The quantitative estimate of drug-likeness (QED) is 0.397. The minimum atomic E-state index is -1.08. The summed E-state index contributed by atoms with van der Waals surface area (Å²) in [6.45, 7) is 0.892. The fourth-order valence-electron chi connectivity index (χ4n) is 4.45. The first-order valence-corrected chi connectivity index (χ1v) is 10.4. The van der Waals surface area contributed by atoms with Crippen molar-refractivity contribution in [3.8, 4) is 0 Å². The summed E-state index contributed by atoms with van der Waals surface area (Å²) in [5.74, 6) is -2.66. The largest absolute Gasteiger partial charge is 0.454 e. The number of allylic oxidation sites excluding steroid dienone is 2. The minimum absolute atomic E-state index is 0.0658. The minimum Gasteiger partial charge on any atom is -0.454 e. The number of imide groups is 1. The number of hydrogen-bond acceptors (Lipinski definition) is 5. The summed E-state index contributed by atoms with van der Waals surface area (Å²) in [4.78, 5) is 51.0. The lowest BCUT2D eigenvalue weighted by molar-refractivity contribution is -0.159. The highest BCUT2D eigenvalue weighted by atomic mass is 79.9. The van der Waals surface area contributed by atoms with Gasteiger partial charge in [0.05, 0.1) is 22.5 Å². The van der Waals surface area contributed by atoms with Crippen LogP contribution in [-0.2, 0) is 23.9 Å². The van der Waals surface area contributed by atoms with Crippen LogP contribution in [0, 0.1) is 23.7 Å². The molecule has 0 spiro atoms. The summed E-state index contributed by atoms with van der Waals surface area (Å²) in [6, 6.07) is 3.86. The maximum atomic E-state index is 12.7. The number of fused-ring (bicyclic) bond motifs is 5. The third-order valence-electron chi connectivity index (χ3n) is 5.78. The molecule has 1 aliphatic heterocycles. The molecule has 0 unspecified atom stereocenters. The zero-order valence-electron chi connectivity index (χ0n) is 15.4. The first kappa shape index (κ1) is 20.1. The van der Waals surface area contributed by atoms with Crippen molar-refractivity contribution >= 4 is 56.9 Å². The van der Waals surface area contributed by atoms with Crippen LogP contribution in [0.4, 0.5) is 5.69 Å². The molecule has 1 saturated carbocycles. The van der Waals surface area contributed by atoms with Gasteiger partial charge >= 0.3 is 5.97 Å². The van der Waals surface area contributed by atoms with Gasteiger partial charge in [-0.2, -0.15) is 0 Å². The molecule has 1 heterocycles. The van der Waals surface area contributed by atoms with E-state index >= 15 is 0 Å². The monoisotopic (exact) mass is 480 g/mol. The molecule has 1 aromatic rings. The molecule has 0 aromatic heterocycles. The number of nitrogens with zero attached hydrogens (tertiary/aromatic N) is 1. The van der Waals surface area contributed by atoms with E-state index in [4.69, 9.17) is 16.3 Å². The first-order valence-electron chi connectivity index (χ1n) is 9.24. The highest BCUT2D eigenvalue weighted by Gasteiger charge is 2.60. The van der Waals surface area contributed by atoms with Gasteiger partial charge in [0, 0.05) is 4.47 Å². The molecule has 152 valence electrons. The Hall–Kier alpha value is -2.19. The number of amides is 3. The highest BCUT2D eigenvalue weighted by Crippen LogP contribution is 2.52. The number of carbonyl (C=O) groups excluding carboxylic acids is 4. The Morgan fingerprint density at radius 3 is 2.45 bits per heavy atom. The zero-order chi connectivity index (χ0) is 20.9. The molecule has 4 rings (SSSR count). The fourth-order valence-corrected chi connectivity index (χ4v) is 5.17. The van der Waals surface area contributed by atoms with Gasteiger partial charge in [0.25, 0.3) is 5.91 Å². The van der Waals surface area contributed by atoms with Crippen LogP contribution in [-0.4, -0.2) is 41.2 Å². The Morgan fingerprint density at radius 1 is 1.24 bits per heavy atom. The molecular weight excluding hydrogens is 464 g/mol. The summed E-state index contributed by atoms with van der Waals surface area (Å²) in [5, 5.41) is 2.88. The lowest BCUT2D eigenvalue weighted by atomic mass is 9.85. The highest BCUT2D eigenvalue weighted by molar-refractivity contribution is 9.10. The van der Waals surface area contributed by atoms with Crippen molar-refractivity contribution in [1.29, 1.82) is 0 Å². The van der Waals surface area contributed by atoms with E-state index < -0.39 is 24.5 Å². The Balaban J connectivity index is 1.35. The second kappa shape index (κ2) is 7.57. The van der Waals surface area contributed by atoms with Crippen molar-refractivity contribution < 1.29 is 23.9 Å². The molecule has 2 aliphatic carbocycles. The molecular formula is C20H18BrClN2O5. The maximum absolute atomic E-state index is 12.7. The van der Waals surface area contributed by atoms with E-state index in [1.54, 1.807) is 18.2 Å². The number of carbonyl (C=O) groups is 4. The smallest absolute Gasteiger partial charge is 0.329 e. The van der Waals surface area contributed by atoms with Crippen LogP contribution in [0.2, 0.25) is 5.02 Å². The molecule has 2 fully saturated rings. The van der Waals surface area contributed by atoms with E-state index in [0.717, 1.165) is 15.8 Å². The molecule has 3 aliphatic rings. The summed E-state index contributed by atoms with van der Waals surface area (Å²) < 4.78 is 5.80. The molecule has 1 N–H and O–H groups in total. The molecule has 1 saturated heterocycles. The first-order chi connectivity index (χ1) is 13.8. The van der Waals surface area contributed by atoms with Gasteiger partial charge in [-0.05, 0) is 43.4 Å². The average molecular weight is 482 g/mol. The fraction of sp³-hybridized carbons (Fsp3) is 0.400. The molecule has 3 amide bonds. The summed E-state index contributed by atoms with van der Waals surface area (Å²) in [5.41, 5.74) is 0.379. The van der Waals surface area contributed by atoms with Crippen molar-refractivity contribution in [2.24, 2.45) is 23.7 Å². The van der Waals surface area contributed by atoms with Gasteiger partial charge in [-0.3, -0.25) is 19.3 Å². The maximum Gasteiger partial charge on any atom is 0.329 e. The van der Waals surface area contributed by atoms with Crippen molar-refractivity contribution in [2.45, 2.75) is 19.4 Å². The number of esters is 1. The van der Waals surface area contributed by atoms with E-state index in [9.17, 15) is 19.2 Å². The van der Waals surface area contributed by atoms with E-state index in [0.29, 0.717) is 10.7 Å². The zero-order valence-corrected chi connectivity index (χ0v) is 17.8. The molecule has 2 bridgehead atoms. The van der Waals surface area contributed by atoms with Crippen LogP contribution in [0.5, 0.6) is 0 Å². The lowest BCUT2D eigenvalue weighted by Gasteiger charge is -2.23. The van der Waals surface area contributed by atoms with Crippen molar-refractivity contribution in [3.63, 3.8) is 0 Å². The third kappa shape index (κ3) is 3.48. The number of benzene rings is 1. The molecule has 7 nitrogen and oxygen atoms in total. The second-order valence-corrected chi connectivity index (χ2v) is 8.83. The Morgan fingerprint density at radius 2 is 1.86 bits per heavy atom. The molecule has 9 heteroatoms. The van der Waals surface area contributed by atoms with Crippen LogP contribution in [0.25, 0.3) is 0 Å². The number of likely N-dealkylation sites (tertiary alicyclic amines) is 1. The van der Waals surface area contributed by atoms with Gasteiger partial charge in [0.1, 0.15) is 6.04 Å². The lowest BCUT2D eigenvalue weighted by Crippen LogP contribution is -2.45. The standard InChI is InChI=1S/C20H18BrClN2O5/c1-9(24-18(26)16-10-2-3-11(6-10)17(16)19(24)27)20(28)29-8-15(25)23-14-5-4-12(21)7-13(14)22/h2-5,7,9-11,16-17H,6,8H2,1H3,(H,23,25)/t9-,10-,11-,16-,17+/m0/s1. The van der Waals surface area contributed by atoms with E-state index in [1.807, 2.05) is 12.2 Å². The molecule has 1 aromatic carbocycles. The number of nitrogens with one attached hydrogen (secondary N) is 1. The van der Waals surface area contributed by atoms with Crippen LogP contribution >= 0.6 is 27.5 Å². The number of hydrogen-bond donors (Lipinski definition) is 1. The molecule has 5 atom stereocenters. The van der Waals surface area contributed by atoms with Crippen LogP contribution in [0.3, 0.4) is 0 Å². The third-order valence-corrected chi connectivity index (χ3v) is 6.59. The number of halogens is 2. The Bertz CT molecular complexity index is 919. The van der Waals surface area contributed by atoms with Crippen molar-refractivity contribution in [2.75, 3.05) is 11.9 Å². The van der Waals surface area contributed by atoms with Crippen molar-refractivity contribution in [1.82, 2.24) is 4.90 Å². The summed E-state index contributed by atoms with van der Waals surface area (Å²) in [7, 11) is 0. The number of ether oxygens (including phenoxy) is 1. The van der Waals surface area contributed by atoms with Gasteiger partial charge in [-0.15, -0.1) is 0 Å². The Kier molecular flexibility index (Phi) is 5.25. The second-order valence-electron chi connectivity index (χ2n) is 7.50. The number of anilines is 1. The van der Waals surface area contributed by atoms with E-state index in [2.05, 4.69) is 21.2 Å². The van der Waals surface area contributed by atoms with Crippen molar-refractivity contribution in [3.05, 3.63) is 39.8 Å². The van der Waals surface area contributed by atoms with Gasteiger partial charge in [-0.1, -0.05) is 39.7 Å². The van der Waals surface area contributed by atoms with Crippen LogP contribution in [0.15, 0.2) is 34.8 Å². The number of rotatable bonds is 5. The predicted octanol–water partition coefficient (Wildman–Crippen LogP) is 2.78. The van der Waals surface area contributed by atoms with Gasteiger partial charge in [-0.25, -0.2) is 4.79 Å². The van der Waals surface area contributed by atoms with E-state index in [1.165, 1.54) is 6.92 Å². The Labute approximate surface area is 180 Å². The van der Waals surface area contributed by atoms with Gasteiger partial charge < -0.3 is 10.1 Å². The molecule has 0 radical (unpaired) electrons. The summed E-state index contributed by atoms with van der Waals surface area (Å²) >= 11 is 9.31. The SMILES string of the molecule is C[C@@H](C(=O)OCC(=O)Nc1ccc(Br)cc1Cl)N1C(=O)[C@@H]2[C@H](C1=O)[C@H]1C=C[C@H]2C1. The van der Waals surface area contributed by atoms with Crippen LogP contribution < -0.4 is 5.32 Å².